The smallest absolute Gasteiger partial charge is 0.188 e. The Hall–Kier alpha value is -1.20. The summed E-state index contributed by atoms with van der Waals surface area (Å²) in [4.78, 5) is 24.8. The van der Waals surface area contributed by atoms with Crippen molar-refractivity contribution < 1.29 is 19.1 Å². The maximum absolute atomic E-state index is 11.8. The molecule has 2 unspecified atom stereocenters. The van der Waals surface area contributed by atoms with Crippen molar-refractivity contribution in [2.75, 3.05) is 27.3 Å². The monoisotopic (exact) mass is 339 g/mol. The summed E-state index contributed by atoms with van der Waals surface area (Å²) in [5.41, 5.74) is 0.903. The number of ether oxygens (including phenoxy) is 2. The minimum atomic E-state index is -0.194. The Morgan fingerprint density at radius 1 is 0.958 bits per heavy atom. The van der Waals surface area contributed by atoms with Crippen molar-refractivity contribution in [1.82, 2.24) is 4.90 Å². The fourth-order valence-corrected chi connectivity index (χ4v) is 3.07. The zero-order chi connectivity index (χ0) is 17.9. The van der Waals surface area contributed by atoms with Gasteiger partial charge in [-0.05, 0) is 52.4 Å². The topological polar surface area (TPSA) is 55.8 Å². The molecule has 2 fully saturated rings. The highest BCUT2D eigenvalue weighted by Crippen LogP contribution is 2.22. The molecule has 0 aromatic heterocycles. The number of nitrogens with zero attached hydrogens (tertiary/aromatic N) is 1. The molecule has 2 aliphatic carbocycles. The van der Waals surface area contributed by atoms with Gasteiger partial charge in [0.15, 0.2) is 11.6 Å². The van der Waals surface area contributed by atoms with Gasteiger partial charge >= 0.3 is 0 Å². The Labute approximate surface area is 146 Å². The van der Waals surface area contributed by atoms with Gasteiger partial charge in [0.05, 0.1) is 0 Å². The summed E-state index contributed by atoms with van der Waals surface area (Å²) in [6.45, 7) is 5.14. The molecule has 2 rings (SSSR count). The maximum atomic E-state index is 11.8. The van der Waals surface area contributed by atoms with Crippen molar-refractivity contribution in [2.45, 2.75) is 71.0 Å². The predicted molar refractivity (Wildman–Crippen MR) is 94.9 cm³/mol. The lowest BCUT2D eigenvalue weighted by atomic mass is 9.91. The Morgan fingerprint density at radius 2 is 1.58 bits per heavy atom. The summed E-state index contributed by atoms with van der Waals surface area (Å²) in [6.07, 6.45) is 8.33. The van der Waals surface area contributed by atoms with Crippen molar-refractivity contribution in [3.8, 4) is 0 Å². The number of hydrogen-bond donors (Lipinski definition) is 0. The quantitative estimate of drug-likeness (QED) is 0.720. The molecule has 2 atom stereocenters. The van der Waals surface area contributed by atoms with Gasteiger partial charge in [-0.15, -0.1) is 0 Å². The minimum absolute atomic E-state index is 0.0706. The van der Waals surface area contributed by atoms with Crippen molar-refractivity contribution in [3.05, 3.63) is 11.8 Å². The standard InChI is InChI=1S/C11H19NO2.C8H14O2/c1-4-14-10-7-5-6-9(11(10)13)8-12(2)3;1-2-10-8-6-4-3-5-7(8)9/h8,10H,4-7H2,1-3H3;8H,2-6H2,1H3/b9-8-;. The molecule has 0 aliphatic heterocycles. The molecule has 0 N–H and O–H groups in total. The summed E-state index contributed by atoms with van der Waals surface area (Å²) in [5, 5.41) is 0. The molecule has 0 radical (unpaired) electrons. The van der Waals surface area contributed by atoms with E-state index in [2.05, 4.69) is 0 Å². The molecule has 0 aromatic carbocycles. The van der Waals surface area contributed by atoms with E-state index < -0.39 is 0 Å². The van der Waals surface area contributed by atoms with Crippen LogP contribution >= 0.6 is 0 Å². The number of carbonyl (C=O) groups excluding carboxylic acids is 2. The number of carbonyl (C=O) groups is 2. The van der Waals surface area contributed by atoms with E-state index in [1.54, 1.807) is 0 Å². The second-order valence-corrected chi connectivity index (χ2v) is 6.47. The van der Waals surface area contributed by atoms with E-state index in [1.165, 1.54) is 0 Å². The third-order valence-corrected chi connectivity index (χ3v) is 4.17. The molecular formula is C19H33NO4. The number of Topliss-reactive ketones (excluding diaryl/α,β-unsaturated/α-hetero) is 2. The lowest BCUT2D eigenvalue weighted by molar-refractivity contribution is -0.132. The molecule has 0 spiro atoms. The van der Waals surface area contributed by atoms with Gasteiger partial charge in [-0.3, -0.25) is 9.59 Å². The van der Waals surface area contributed by atoms with Crippen molar-refractivity contribution in [1.29, 1.82) is 0 Å². The number of rotatable bonds is 5. The molecule has 138 valence electrons. The lowest BCUT2D eigenvalue weighted by Gasteiger charge is -2.23. The number of ketones is 2. The van der Waals surface area contributed by atoms with Crippen LogP contribution in [0.1, 0.15) is 58.8 Å². The zero-order valence-corrected chi connectivity index (χ0v) is 15.7. The number of hydrogen-bond acceptors (Lipinski definition) is 5. The SMILES string of the molecule is CCOC1CCC/C(=C/N(C)C)C1=O.CCOC1CCCCC1=O. The Kier molecular flexibility index (Phi) is 9.88. The van der Waals surface area contributed by atoms with Crippen molar-refractivity contribution in [3.63, 3.8) is 0 Å². The van der Waals surface area contributed by atoms with Gasteiger partial charge in [-0.25, -0.2) is 0 Å². The molecule has 0 bridgehead atoms. The Bertz CT molecular complexity index is 427. The highest BCUT2D eigenvalue weighted by Gasteiger charge is 2.26. The second-order valence-electron chi connectivity index (χ2n) is 6.47. The Morgan fingerprint density at radius 3 is 2.17 bits per heavy atom. The molecule has 0 amide bonds. The van der Waals surface area contributed by atoms with Crippen LogP contribution in [-0.4, -0.2) is 56.0 Å². The largest absolute Gasteiger partial charge is 0.383 e. The third-order valence-electron chi connectivity index (χ3n) is 4.17. The van der Waals surface area contributed by atoms with Crippen LogP contribution in [0.3, 0.4) is 0 Å². The van der Waals surface area contributed by atoms with E-state index in [0.717, 1.165) is 50.5 Å². The summed E-state index contributed by atoms with van der Waals surface area (Å²) in [6, 6.07) is 0. The van der Waals surface area contributed by atoms with Gasteiger partial charge in [0.1, 0.15) is 12.2 Å². The van der Waals surface area contributed by atoms with Gasteiger partial charge in [0.25, 0.3) is 0 Å². The fourth-order valence-electron chi connectivity index (χ4n) is 3.07. The molecule has 24 heavy (non-hydrogen) atoms. The average molecular weight is 339 g/mol. The minimum Gasteiger partial charge on any atom is -0.383 e. The van der Waals surface area contributed by atoms with Gasteiger partial charge in [0.2, 0.25) is 0 Å². The summed E-state index contributed by atoms with van der Waals surface area (Å²) < 4.78 is 10.6. The maximum Gasteiger partial charge on any atom is 0.188 e. The van der Waals surface area contributed by atoms with Crippen LogP contribution in [0.5, 0.6) is 0 Å². The van der Waals surface area contributed by atoms with Crippen LogP contribution in [0.4, 0.5) is 0 Å². The lowest BCUT2D eigenvalue weighted by Crippen LogP contribution is -2.30. The highest BCUT2D eigenvalue weighted by atomic mass is 16.5. The molecule has 0 saturated heterocycles. The predicted octanol–water partition coefficient (Wildman–Crippen LogP) is 3.12. The summed E-state index contributed by atoms with van der Waals surface area (Å²) in [7, 11) is 3.87. The van der Waals surface area contributed by atoms with Gasteiger partial charge in [-0.2, -0.15) is 0 Å². The zero-order valence-electron chi connectivity index (χ0n) is 15.7. The van der Waals surface area contributed by atoms with E-state index in [4.69, 9.17) is 9.47 Å². The summed E-state index contributed by atoms with van der Waals surface area (Å²) in [5.74, 6) is 0.472. The van der Waals surface area contributed by atoms with Crippen LogP contribution in [0, 0.1) is 0 Å². The van der Waals surface area contributed by atoms with Crippen LogP contribution in [0.15, 0.2) is 11.8 Å². The van der Waals surface area contributed by atoms with Gasteiger partial charge in [-0.1, -0.05) is 0 Å². The van der Waals surface area contributed by atoms with Crippen LogP contribution < -0.4 is 0 Å². The molecular weight excluding hydrogens is 306 g/mol. The van der Waals surface area contributed by atoms with Gasteiger partial charge < -0.3 is 14.4 Å². The van der Waals surface area contributed by atoms with Gasteiger partial charge in [0, 0.05) is 45.5 Å². The molecule has 0 aromatic rings. The van der Waals surface area contributed by atoms with E-state index in [-0.39, 0.29) is 18.0 Å². The first-order valence-corrected chi connectivity index (χ1v) is 9.16. The molecule has 2 aliphatic rings. The van der Waals surface area contributed by atoms with Crippen molar-refractivity contribution in [2.24, 2.45) is 0 Å². The van der Waals surface area contributed by atoms with Crippen LogP contribution in [0.2, 0.25) is 0 Å². The normalized spacial score (nSPS) is 26.1. The van der Waals surface area contributed by atoms with E-state index in [1.807, 2.05) is 39.0 Å². The van der Waals surface area contributed by atoms with Crippen molar-refractivity contribution >= 4 is 11.6 Å². The molecule has 2 saturated carbocycles. The highest BCUT2D eigenvalue weighted by molar-refractivity contribution is 5.99. The van der Waals surface area contributed by atoms with Crippen LogP contribution in [0.25, 0.3) is 0 Å². The molecule has 5 nitrogen and oxygen atoms in total. The first-order chi connectivity index (χ1) is 11.5. The Balaban J connectivity index is 0.000000254. The average Bonchev–Trinajstić information content (AvgIpc) is 2.54. The fraction of sp³-hybridized carbons (Fsp3) is 0.789. The molecule has 5 heteroatoms. The first kappa shape index (κ1) is 20.8. The third kappa shape index (κ3) is 7.14. The first-order valence-electron chi connectivity index (χ1n) is 9.16. The van der Waals surface area contributed by atoms with E-state index in [0.29, 0.717) is 19.0 Å². The second kappa shape index (κ2) is 11.4. The summed E-state index contributed by atoms with van der Waals surface area (Å²) >= 11 is 0. The van der Waals surface area contributed by atoms with E-state index in [9.17, 15) is 9.59 Å². The van der Waals surface area contributed by atoms with Crippen LogP contribution in [-0.2, 0) is 19.1 Å². The van der Waals surface area contributed by atoms with E-state index >= 15 is 0 Å². The molecule has 0 heterocycles.